The Kier molecular flexibility index (Phi) is 1.76. The predicted molar refractivity (Wildman–Crippen MR) is 37.3 cm³/mol. The number of H-pyrrole nitrogens is 1. The van der Waals surface area contributed by atoms with Crippen LogP contribution in [-0.2, 0) is 7.05 Å². The molecule has 1 atom stereocenters. The molecule has 1 aromatic rings. The summed E-state index contributed by atoms with van der Waals surface area (Å²) in [4.78, 5) is 3.02. The topological polar surface area (TPSA) is 39.9 Å². The first-order chi connectivity index (χ1) is 4.63. The number of rotatable bonds is 1. The average molecular weight is 141 g/mol. The minimum atomic E-state index is -0.394. The molecule has 0 aliphatic heterocycles. The van der Waals surface area contributed by atoms with E-state index in [4.69, 9.17) is 0 Å². The Hall–Kier alpha value is -0.830. The molecule has 0 saturated carbocycles. The number of aliphatic hydroxyl groups is 1. The molecule has 0 aliphatic carbocycles. The molecule has 10 heavy (non-hydrogen) atoms. The summed E-state index contributed by atoms with van der Waals surface area (Å²) in [5.74, 6) is 1.05. The van der Waals surface area contributed by atoms with Crippen molar-refractivity contribution in [2.24, 2.45) is 7.05 Å². The molecule has 1 rings (SSSR count). The summed E-state index contributed by atoms with van der Waals surface area (Å²) >= 11 is 0. The maximum Gasteiger partial charge on any atom is 0.251 e. The van der Waals surface area contributed by atoms with Crippen molar-refractivity contribution in [3.05, 3.63) is 17.7 Å². The third kappa shape index (κ3) is 1.04. The Morgan fingerprint density at radius 2 is 2.30 bits per heavy atom. The second-order valence-electron chi connectivity index (χ2n) is 2.53. The lowest BCUT2D eigenvalue weighted by molar-refractivity contribution is -0.687. The van der Waals surface area contributed by atoms with Crippen molar-refractivity contribution in [3.8, 4) is 0 Å². The normalized spacial score (nSPS) is 13.6. The van der Waals surface area contributed by atoms with Crippen molar-refractivity contribution in [2.75, 3.05) is 0 Å². The predicted octanol–water partition coefficient (Wildman–Crippen LogP) is 0.201. The highest BCUT2D eigenvalue weighted by molar-refractivity contribution is 4.92. The molecule has 0 amide bonds. The molecule has 0 fully saturated rings. The average Bonchev–Trinajstić information content (AvgIpc) is 2.14. The maximum atomic E-state index is 9.18. The zero-order valence-electron chi connectivity index (χ0n) is 6.55. The van der Waals surface area contributed by atoms with E-state index in [1.807, 2.05) is 24.7 Å². The number of aliphatic hydroxyl groups excluding tert-OH is 1. The molecule has 1 aromatic heterocycles. The van der Waals surface area contributed by atoms with Gasteiger partial charge in [0, 0.05) is 6.92 Å². The first-order valence-electron chi connectivity index (χ1n) is 3.35. The summed E-state index contributed by atoms with van der Waals surface area (Å²) in [5.41, 5.74) is 0.914. The van der Waals surface area contributed by atoms with Gasteiger partial charge in [0.25, 0.3) is 5.82 Å². The third-order valence-corrected chi connectivity index (χ3v) is 1.75. The van der Waals surface area contributed by atoms with Crippen LogP contribution in [0.15, 0.2) is 6.20 Å². The van der Waals surface area contributed by atoms with Crippen molar-refractivity contribution in [1.82, 2.24) is 4.98 Å². The van der Waals surface area contributed by atoms with Gasteiger partial charge >= 0.3 is 0 Å². The number of nitrogens with one attached hydrogen (secondary N) is 1. The Bertz CT molecular complexity index is 228. The summed E-state index contributed by atoms with van der Waals surface area (Å²) in [6, 6.07) is 0. The Morgan fingerprint density at radius 1 is 1.70 bits per heavy atom. The molecule has 0 aromatic carbocycles. The first kappa shape index (κ1) is 7.28. The fourth-order valence-electron chi connectivity index (χ4n) is 0.967. The molecular weight excluding hydrogens is 128 g/mol. The van der Waals surface area contributed by atoms with Gasteiger partial charge in [-0.15, -0.1) is 0 Å². The van der Waals surface area contributed by atoms with E-state index in [2.05, 4.69) is 4.98 Å². The largest absolute Gasteiger partial charge is 0.385 e. The van der Waals surface area contributed by atoms with E-state index in [0.29, 0.717) is 0 Å². The number of hydrogen-bond donors (Lipinski definition) is 2. The van der Waals surface area contributed by atoms with Crippen LogP contribution < -0.4 is 4.57 Å². The minimum Gasteiger partial charge on any atom is -0.385 e. The van der Waals surface area contributed by atoms with Crippen molar-refractivity contribution in [1.29, 1.82) is 0 Å². The first-order valence-corrected chi connectivity index (χ1v) is 3.35. The van der Waals surface area contributed by atoms with E-state index in [1.165, 1.54) is 0 Å². The van der Waals surface area contributed by atoms with Gasteiger partial charge in [-0.25, -0.2) is 9.55 Å². The highest BCUT2D eigenvalue weighted by atomic mass is 16.3. The lowest BCUT2D eigenvalue weighted by atomic mass is 10.3. The third-order valence-electron chi connectivity index (χ3n) is 1.75. The number of aromatic nitrogens is 2. The Labute approximate surface area is 60.3 Å². The molecule has 0 saturated heterocycles. The van der Waals surface area contributed by atoms with E-state index in [-0.39, 0.29) is 0 Å². The molecule has 0 bridgehead atoms. The monoisotopic (exact) mass is 141 g/mol. The second-order valence-corrected chi connectivity index (χ2v) is 2.53. The molecule has 1 unspecified atom stereocenters. The zero-order chi connectivity index (χ0) is 7.72. The van der Waals surface area contributed by atoms with Crippen LogP contribution in [0.5, 0.6) is 0 Å². The van der Waals surface area contributed by atoms with Crippen molar-refractivity contribution in [3.63, 3.8) is 0 Å². The van der Waals surface area contributed by atoms with Gasteiger partial charge in [0.15, 0.2) is 5.69 Å². The summed E-state index contributed by atoms with van der Waals surface area (Å²) < 4.78 is 1.94. The molecule has 0 aliphatic rings. The van der Waals surface area contributed by atoms with Gasteiger partial charge in [0.1, 0.15) is 12.3 Å². The summed E-state index contributed by atoms with van der Waals surface area (Å²) in [6.45, 7) is 3.72. The van der Waals surface area contributed by atoms with Gasteiger partial charge < -0.3 is 5.11 Å². The quantitative estimate of drug-likeness (QED) is 0.539. The van der Waals surface area contributed by atoms with Gasteiger partial charge in [-0.05, 0) is 6.92 Å². The number of nitrogens with zero attached hydrogens (tertiary/aromatic N) is 1. The molecule has 2 N–H and O–H groups in total. The van der Waals surface area contributed by atoms with Gasteiger partial charge in [0.2, 0.25) is 0 Å². The summed E-state index contributed by atoms with van der Waals surface area (Å²) in [6.07, 6.45) is 1.43. The highest BCUT2D eigenvalue weighted by Gasteiger charge is 2.13. The van der Waals surface area contributed by atoms with Gasteiger partial charge in [0.05, 0.1) is 7.05 Å². The number of aromatic amines is 1. The fraction of sp³-hybridized carbons (Fsp3) is 0.571. The minimum absolute atomic E-state index is 0.394. The molecule has 0 spiro atoms. The number of aryl methyl sites for hydroxylation is 1. The zero-order valence-corrected chi connectivity index (χ0v) is 6.55. The molecule has 3 nitrogen and oxygen atoms in total. The van der Waals surface area contributed by atoms with Gasteiger partial charge in [-0.1, -0.05) is 0 Å². The number of hydrogen-bond acceptors (Lipinski definition) is 1. The van der Waals surface area contributed by atoms with Gasteiger partial charge in [-0.3, -0.25) is 0 Å². The van der Waals surface area contributed by atoms with Crippen LogP contribution in [0.3, 0.4) is 0 Å². The van der Waals surface area contributed by atoms with E-state index < -0.39 is 6.10 Å². The molecule has 1 heterocycles. The van der Waals surface area contributed by atoms with Crippen molar-refractivity contribution < 1.29 is 9.67 Å². The van der Waals surface area contributed by atoms with Crippen LogP contribution in [0.4, 0.5) is 0 Å². The van der Waals surface area contributed by atoms with Crippen LogP contribution in [-0.4, -0.2) is 10.1 Å². The maximum absolute atomic E-state index is 9.18. The van der Waals surface area contributed by atoms with Crippen LogP contribution in [0, 0.1) is 6.92 Å². The van der Waals surface area contributed by atoms with Crippen LogP contribution >= 0.6 is 0 Å². The van der Waals surface area contributed by atoms with Crippen molar-refractivity contribution in [2.45, 2.75) is 20.0 Å². The van der Waals surface area contributed by atoms with Crippen LogP contribution in [0.2, 0.25) is 0 Å². The summed E-state index contributed by atoms with van der Waals surface area (Å²) in [5, 5.41) is 9.18. The molecule has 3 heteroatoms. The standard InChI is InChI=1S/C7H12N2O/c1-5(10)7-4-8-6(2)9(7)3/h4-5,10H,1-3H3/p+1. The highest BCUT2D eigenvalue weighted by Crippen LogP contribution is 2.04. The van der Waals surface area contributed by atoms with E-state index in [9.17, 15) is 5.11 Å². The van der Waals surface area contributed by atoms with Gasteiger partial charge in [-0.2, -0.15) is 0 Å². The SMILES string of the molecule is Cc1[nH]cc(C(C)O)[n+]1C. The van der Waals surface area contributed by atoms with E-state index in [1.54, 1.807) is 6.92 Å². The number of imidazole rings is 1. The van der Waals surface area contributed by atoms with Crippen LogP contribution in [0.25, 0.3) is 0 Å². The summed E-state index contributed by atoms with van der Waals surface area (Å²) in [7, 11) is 1.92. The lowest BCUT2D eigenvalue weighted by Crippen LogP contribution is -2.34. The van der Waals surface area contributed by atoms with E-state index >= 15 is 0 Å². The second kappa shape index (κ2) is 2.42. The lowest BCUT2D eigenvalue weighted by Gasteiger charge is -1.97. The fourth-order valence-corrected chi connectivity index (χ4v) is 0.967. The van der Waals surface area contributed by atoms with Crippen molar-refractivity contribution >= 4 is 0 Å². The molecule has 0 radical (unpaired) electrons. The molecular formula is C7H13N2O+. The molecule has 56 valence electrons. The Balaban J connectivity index is 3.05. The smallest absolute Gasteiger partial charge is 0.251 e. The Morgan fingerprint density at radius 3 is 2.50 bits per heavy atom. The van der Waals surface area contributed by atoms with Crippen LogP contribution in [0.1, 0.15) is 24.5 Å². The van der Waals surface area contributed by atoms with E-state index in [0.717, 1.165) is 11.5 Å².